The number of imidazole rings is 1. The third kappa shape index (κ3) is 2.53. The molecule has 1 saturated carbocycles. The van der Waals surface area contributed by atoms with Crippen LogP contribution < -0.4 is 5.69 Å². The second-order valence-corrected chi connectivity index (χ2v) is 4.26. The summed E-state index contributed by atoms with van der Waals surface area (Å²) in [6.45, 7) is 0.617. The first-order valence-electron chi connectivity index (χ1n) is 5.67. The molecule has 0 radical (unpaired) electrons. The predicted molar refractivity (Wildman–Crippen MR) is 58.4 cm³/mol. The van der Waals surface area contributed by atoms with Crippen LogP contribution in [0.1, 0.15) is 38.1 Å². The van der Waals surface area contributed by atoms with Crippen molar-refractivity contribution in [2.24, 2.45) is 0 Å². The molecule has 1 heterocycles. The van der Waals surface area contributed by atoms with Crippen LogP contribution >= 0.6 is 0 Å². The minimum absolute atomic E-state index is 0.0397. The Kier molecular flexibility index (Phi) is 3.12. The van der Waals surface area contributed by atoms with Gasteiger partial charge in [-0.25, -0.2) is 4.79 Å². The SMILES string of the molecule is O=C(O)CCCCn1ccn(C2CC2)c1=O. The lowest BCUT2D eigenvalue weighted by atomic mass is 10.2. The molecule has 0 spiro atoms. The van der Waals surface area contributed by atoms with Crippen molar-refractivity contribution in [1.29, 1.82) is 0 Å². The first kappa shape index (κ1) is 11.0. The number of carbonyl (C=O) groups is 1. The van der Waals surface area contributed by atoms with Crippen molar-refractivity contribution in [3.8, 4) is 0 Å². The van der Waals surface area contributed by atoms with E-state index in [0.29, 0.717) is 19.0 Å². The molecule has 88 valence electrons. The highest BCUT2D eigenvalue weighted by molar-refractivity contribution is 5.66. The molecule has 0 atom stereocenters. The highest BCUT2D eigenvalue weighted by Gasteiger charge is 2.25. The Morgan fingerprint density at radius 2 is 2.12 bits per heavy atom. The van der Waals surface area contributed by atoms with Gasteiger partial charge in [-0.15, -0.1) is 0 Å². The van der Waals surface area contributed by atoms with Crippen LogP contribution in [0, 0.1) is 0 Å². The van der Waals surface area contributed by atoms with Crippen LogP contribution in [-0.2, 0) is 11.3 Å². The normalized spacial score (nSPS) is 15.2. The number of nitrogens with zero attached hydrogens (tertiary/aromatic N) is 2. The largest absolute Gasteiger partial charge is 0.481 e. The number of hydrogen-bond donors (Lipinski definition) is 1. The van der Waals surface area contributed by atoms with Gasteiger partial charge in [0, 0.05) is 31.4 Å². The van der Waals surface area contributed by atoms with E-state index in [-0.39, 0.29) is 12.1 Å². The topological polar surface area (TPSA) is 64.2 Å². The van der Waals surface area contributed by atoms with E-state index in [1.54, 1.807) is 15.3 Å². The van der Waals surface area contributed by atoms with Crippen molar-refractivity contribution in [2.45, 2.75) is 44.7 Å². The van der Waals surface area contributed by atoms with Gasteiger partial charge < -0.3 is 5.11 Å². The van der Waals surface area contributed by atoms with E-state index < -0.39 is 5.97 Å². The monoisotopic (exact) mass is 224 g/mol. The summed E-state index contributed by atoms with van der Waals surface area (Å²) in [7, 11) is 0. The van der Waals surface area contributed by atoms with Gasteiger partial charge in [0.15, 0.2) is 0 Å². The number of unbranched alkanes of at least 4 members (excludes halogenated alkanes) is 1. The summed E-state index contributed by atoms with van der Waals surface area (Å²) < 4.78 is 3.44. The third-order valence-electron chi connectivity index (χ3n) is 2.85. The second kappa shape index (κ2) is 4.55. The summed E-state index contributed by atoms with van der Waals surface area (Å²) in [6.07, 6.45) is 7.36. The molecule has 1 aromatic rings. The van der Waals surface area contributed by atoms with Gasteiger partial charge in [-0.3, -0.25) is 13.9 Å². The summed E-state index contributed by atoms with van der Waals surface area (Å²) in [6, 6.07) is 0.410. The van der Waals surface area contributed by atoms with E-state index in [2.05, 4.69) is 0 Å². The number of rotatable bonds is 6. The first-order chi connectivity index (χ1) is 7.68. The lowest BCUT2D eigenvalue weighted by Crippen LogP contribution is -2.23. The van der Waals surface area contributed by atoms with Gasteiger partial charge in [-0.1, -0.05) is 0 Å². The van der Waals surface area contributed by atoms with E-state index in [4.69, 9.17) is 5.11 Å². The van der Waals surface area contributed by atoms with Gasteiger partial charge in [0.2, 0.25) is 0 Å². The molecule has 0 aromatic carbocycles. The maximum Gasteiger partial charge on any atom is 0.328 e. The average molecular weight is 224 g/mol. The lowest BCUT2D eigenvalue weighted by Gasteiger charge is -2.00. The molecule has 16 heavy (non-hydrogen) atoms. The van der Waals surface area contributed by atoms with Gasteiger partial charge in [0.05, 0.1) is 0 Å². The molecule has 5 nitrogen and oxygen atoms in total. The zero-order chi connectivity index (χ0) is 11.5. The number of aromatic nitrogens is 2. The number of carboxylic acids is 1. The molecular weight excluding hydrogens is 208 g/mol. The van der Waals surface area contributed by atoms with Crippen LogP contribution in [0.2, 0.25) is 0 Å². The Hall–Kier alpha value is -1.52. The van der Waals surface area contributed by atoms with E-state index in [1.807, 2.05) is 6.20 Å². The fourth-order valence-electron chi connectivity index (χ4n) is 1.79. The van der Waals surface area contributed by atoms with Gasteiger partial charge >= 0.3 is 11.7 Å². The summed E-state index contributed by atoms with van der Waals surface area (Å²) in [5.74, 6) is -0.775. The van der Waals surface area contributed by atoms with Crippen molar-refractivity contribution >= 4 is 5.97 Å². The zero-order valence-corrected chi connectivity index (χ0v) is 9.13. The summed E-state index contributed by atoms with van der Waals surface area (Å²) in [4.78, 5) is 22.1. The Bertz CT molecular complexity index is 429. The molecule has 0 saturated heterocycles. The molecule has 0 bridgehead atoms. The fraction of sp³-hybridized carbons (Fsp3) is 0.636. The Balaban J connectivity index is 1.85. The molecule has 2 rings (SSSR count). The van der Waals surface area contributed by atoms with E-state index >= 15 is 0 Å². The third-order valence-corrected chi connectivity index (χ3v) is 2.85. The van der Waals surface area contributed by atoms with Crippen LogP contribution in [0.15, 0.2) is 17.2 Å². The van der Waals surface area contributed by atoms with Crippen molar-refractivity contribution in [3.05, 3.63) is 22.9 Å². The highest BCUT2D eigenvalue weighted by Crippen LogP contribution is 2.33. The van der Waals surface area contributed by atoms with Crippen LogP contribution in [0.4, 0.5) is 0 Å². The van der Waals surface area contributed by atoms with E-state index in [1.165, 1.54) is 0 Å². The van der Waals surface area contributed by atoms with E-state index in [0.717, 1.165) is 19.3 Å². The van der Waals surface area contributed by atoms with Gasteiger partial charge in [-0.2, -0.15) is 0 Å². The van der Waals surface area contributed by atoms with Crippen molar-refractivity contribution in [2.75, 3.05) is 0 Å². The summed E-state index contributed by atoms with van der Waals surface area (Å²) >= 11 is 0. The molecule has 1 N–H and O–H groups in total. The molecule has 1 aliphatic rings. The van der Waals surface area contributed by atoms with Gasteiger partial charge in [-0.05, 0) is 25.7 Å². The number of hydrogen-bond acceptors (Lipinski definition) is 2. The molecular formula is C11H16N2O3. The minimum Gasteiger partial charge on any atom is -0.481 e. The molecule has 0 unspecified atom stereocenters. The lowest BCUT2D eigenvalue weighted by molar-refractivity contribution is -0.137. The van der Waals surface area contributed by atoms with Crippen LogP contribution in [0.25, 0.3) is 0 Å². The average Bonchev–Trinajstić information content (AvgIpc) is 3.00. The number of aryl methyl sites for hydroxylation is 1. The van der Waals surface area contributed by atoms with Crippen molar-refractivity contribution in [1.82, 2.24) is 9.13 Å². The van der Waals surface area contributed by atoms with Gasteiger partial charge in [0.25, 0.3) is 0 Å². The predicted octanol–water partition coefficient (Wildman–Crippen LogP) is 1.24. The quantitative estimate of drug-likeness (QED) is 0.739. The molecule has 0 amide bonds. The Labute approximate surface area is 93.3 Å². The zero-order valence-electron chi connectivity index (χ0n) is 9.13. The van der Waals surface area contributed by atoms with Crippen LogP contribution in [-0.4, -0.2) is 20.2 Å². The molecule has 1 aliphatic carbocycles. The van der Waals surface area contributed by atoms with E-state index in [9.17, 15) is 9.59 Å². The smallest absolute Gasteiger partial charge is 0.328 e. The summed E-state index contributed by atoms with van der Waals surface area (Å²) in [5, 5.41) is 8.48. The fourth-order valence-corrected chi connectivity index (χ4v) is 1.79. The molecule has 1 fully saturated rings. The Morgan fingerprint density at radius 1 is 1.38 bits per heavy atom. The molecule has 0 aliphatic heterocycles. The Morgan fingerprint density at radius 3 is 2.75 bits per heavy atom. The van der Waals surface area contributed by atoms with Crippen molar-refractivity contribution in [3.63, 3.8) is 0 Å². The first-order valence-corrected chi connectivity index (χ1v) is 5.67. The van der Waals surface area contributed by atoms with Crippen molar-refractivity contribution < 1.29 is 9.90 Å². The second-order valence-electron chi connectivity index (χ2n) is 4.26. The van der Waals surface area contributed by atoms with Gasteiger partial charge in [0.1, 0.15) is 0 Å². The minimum atomic E-state index is -0.775. The summed E-state index contributed by atoms with van der Waals surface area (Å²) in [5.41, 5.74) is 0.0397. The van der Waals surface area contributed by atoms with Crippen LogP contribution in [0.5, 0.6) is 0 Å². The molecule has 1 aromatic heterocycles. The number of carboxylic acid groups (broad SMARTS) is 1. The van der Waals surface area contributed by atoms with Crippen LogP contribution in [0.3, 0.4) is 0 Å². The molecule has 5 heteroatoms. The highest BCUT2D eigenvalue weighted by atomic mass is 16.4. The maximum absolute atomic E-state index is 11.8. The standard InChI is InChI=1S/C11H16N2O3/c14-10(15)3-1-2-6-12-7-8-13(11(12)16)9-4-5-9/h7-9H,1-6H2,(H,14,15). The maximum atomic E-state index is 11.8. The number of aliphatic carboxylic acids is 1.